The molecular formula is C32H50N6O6. The van der Waals surface area contributed by atoms with E-state index in [0.717, 1.165) is 6.42 Å². The summed E-state index contributed by atoms with van der Waals surface area (Å²) in [4.78, 5) is 61.0. The predicted molar refractivity (Wildman–Crippen MR) is 166 cm³/mol. The van der Waals surface area contributed by atoms with Gasteiger partial charge in [0.05, 0.1) is 31.1 Å². The van der Waals surface area contributed by atoms with Crippen LogP contribution in [0.2, 0.25) is 0 Å². The first kappa shape index (κ1) is 33.8. The lowest BCUT2D eigenvalue weighted by Crippen LogP contribution is -2.63. The number of rotatable bonds is 10. The molecule has 0 spiro atoms. The summed E-state index contributed by atoms with van der Waals surface area (Å²) in [6.07, 6.45) is 2.62. The van der Waals surface area contributed by atoms with Crippen LogP contribution in [0.4, 0.5) is 5.69 Å². The summed E-state index contributed by atoms with van der Waals surface area (Å²) in [7, 11) is 0. The molecule has 244 valence electrons. The van der Waals surface area contributed by atoms with Gasteiger partial charge in [-0.05, 0) is 41.2 Å². The van der Waals surface area contributed by atoms with E-state index in [4.69, 9.17) is 4.74 Å². The van der Waals surface area contributed by atoms with Crippen LogP contribution < -0.4 is 15.5 Å². The lowest BCUT2D eigenvalue weighted by molar-refractivity contribution is -0.140. The number of aliphatic hydroxyl groups excluding tert-OH is 1. The van der Waals surface area contributed by atoms with E-state index in [9.17, 15) is 24.3 Å². The number of aliphatic hydroxyl groups is 1. The second-order valence-electron chi connectivity index (χ2n) is 14.9. The minimum atomic E-state index is -0.727. The predicted octanol–water partition coefficient (Wildman–Crippen LogP) is 1.43. The molecule has 0 aromatic carbocycles. The van der Waals surface area contributed by atoms with Gasteiger partial charge < -0.3 is 30.3 Å². The van der Waals surface area contributed by atoms with E-state index in [0.29, 0.717) is 44.0 Å². The molecule has 3 N–H and O–H groups in total. The summed E-state index contributed by atoms with van der Waals surface area (Å²) in [5.41, 5.74) is 0.546. The molecule has 4 amide bonds. The molecule has 12 heteroatoms. The lowest BCUT2D eigenvalue weighted by Gasteiger charge is -2.57. The normalized spacial score (nSPS) is 22.8. The van der Waals surface area contributed by atoms with Crippen molar-refractivity contribution in [2.45, 2.75) is 79.5 Å². The minimum Gasteiger partial charge on any atom is -0.391 e. The summed E-state index contributed by atoms with van der Waals surface area (Å²) in [5, 5.41) is 15.7. The number of carbonyl (C=O) groups is 4. The first-order valence-corrected chi connectivity index (χ1v) is 15.6. The Hall–Kier alpha value is -3.09. The van der Waals surface area contributed by atoms with E-state index >= 15 is 0 Å². The van der Waals surface area contributed by atoms with Crippen molar-refractivity contribution >= 4 is 29.3 Å². The monoisotopic (exact) mass is 614 g/mol. The fourth-order valence-electron chi connectivity index (χ4n) is 7.10. The molecule has 2 saturated heterocycles. The molecule has 3 aliphatic rings. The molecule has 0 unspecified atom stereocenters. The van der Waals surface area contributed by atoms with Gasteiger partial charge in [-0.1, -0.05) is 48.5 Å². The quantitative estimate of drug-likeness (QED) is 0.336. The maximum Gasteiger partial charge on any atom is 0.270 e. The van der Waals surface area contributed by atoms with E-state index in [-0.39, 0.29) is 66.8 Å². The first-order valence-electron chi connectivity index (χ1n) is 15.6. The molecule has 1 aromatic heterocycles. The molecule has 12 nitrogen and oxygen atoms in total. The van der Waals surface area contributed by atoms with E-state index < -0.39 is 17.6 Å². The zero-order valence-electron chi connectivity index (χ0n) is 27.3. The van der Waals surface area contributed by atoms with Gasteiger partial charge in [0.1, 0.15) is 18.3 Å². The Balaban J connectivity index is 1.19. The number of pyridine rings is 1. The Morgan fingerprint density at radius 2 is 1.82 bits per heavy atom. The SMILES string of the molecule is CC1(C)CC(C)(C)C1NC(=O)c1ccc(N2CCN(CCOCC(=O)N[C@H](C(=O)N3CC[C@@H](O)C3)C(C)(C)C)CC2=O)cn1. The number of piperazine rings is 1. The standard InChI is InChI=1S/C32H50N6O6/c1-30(2,3)26(28(43)37-11-10-22(39)17-37)34-24(40)19-44-15-14-36-12-13-38(25(41)18-36)21-8-9-23(33-16-21)27(42)35-29-31(4,5)20-32(29,6)7/h8-9,16,22,26,29,39H,10-15,17-20H2,1-7H3,(H,34,40)(H,35,42)/t22-,26-/m1/s1. The van der Waals surface area contributed by atoms with Gasteiger partial charge in [-0.25, -0.2) is 4.98 Å². The maximum absolute atomic E-state index is 13.0. The summed E-state index contributed by atoms with van der Waals surface area (Å²) in [6.45, 7) is 16.9. The van der Waals surface area contributed by atoms with Gasteiger partial charge in [0.25, 0.3) is 5.91 Å². The van der Waals surface area contributed by atoms with Crippen molar-refractivity contribution in [2.75, 3.05) is 57.4 Å². The van der Waals surface area contributed by atoms with Crippen LogP contribution in [0.3, 0.4) is 0 Å². The average molecular weight is 615 g/mol. The highest BCUT2D eigenvalue weighted by Crippen LogP contribution is 2.53. The van der Waals surface area contributed by atoms with Crippen molar-refractivity contribution in [2.24, 2.45) is 16.2 Å². The summed E-state index contributed by atoms with van der Waals surface area (Å²) in [5.74, 6) is -0.874. The largest absolute Gasteiger partial charge is 0.391 e. The Labute approximate surface area is 260 Å². The smallest absolute Gasteiger partial charge is 0.270 e. The third-order valence-electron chi connectivity index (χ3n) is 9.02. The van der Waals surface area contributed by atoms with Crippen LogP contribution in [0.1, 0.15) is 71.8 Å². The number of β-amino-alcohol motifs (C(OH)–C–C–N with tert-alkyl or cyclic N) is 1. The third kappa shape index (κ3) is 7.94. The molecule has 3 fully saturated rings. The van der Waals surface area contributed by atoms with Gasteiger partial charge in [0.15, 0.2) is 0 Å². The maximum atomic E-state index is 13.0. The van der Waals surface area contributed by atoms with Crippen LogP contribution in [0, 0.1) is 16.2 Å². The molecule has 1 saturated carbocycles. The van der Waals surface area contributed by atoms with Crippen LogP contribution in [0.25, 0.3) is 0 Å². The van der Waals surface area contributed by atoms with Gasteiger partial charge in [0.2, 0.25) is 17.7 Å². The number of hydrogen-bond donors (Lipinski definition) is 3. The molecule has 1 aliphatic carbocycles. The number of anilines is 1. The molecule has 0 bridgehead atoms. The van der Waals surface area contributed by atoms with Crippen LogP contribution in [0.5, 0.6) is 0 Å². The average Bonchev–Trinajstić information content (AvgIpc) is 3.37. The lowest BCUT2D eigenvalue weighted by atomic mass is 9.52. The van der Waals surface area contributed by atoms with Gasteiger partial charge in [-0.2, -0.15) is 0 Å². The Morgan fingerprint density at radius 1 is 1.11 bits per heavy atom. The fourth-order valence-corrected chi connectivity index (χ4v) is 7.10. The zero-order valence-corrected chi connectivity index (χ0v) is 27.3. The van der Waals surface area contributed by atoms with Crippen molar-refractivity contribution in [3.8, 4) is 0 Å². The second-order valence-corrected chi connectivity index (χ2v) is 14.9. The van der Waals surface area contributed by atoms with Crippen LogP contribution >= 0.6 is 0 Å². The summed E-state index contributed by atoms with van der Waals surface area (Å²) >= 11 is 0. The molecule has 2 aliphatic heterocycles. The van der Waals surface area contributed by atoms with Crippen molar-refractivity contribution < 1.29 is 29.0 Å². The number of aromatic nitrogens is 1. The van der Waals surface area contributed by atoms with Crippen molar-refractivity contribution in [1.29, 1.82) is 0 Å². The van der Waals surface area contributed by atoms with Crippen LogP contribution in [0.15, 0.2) is 18.3 Å². The van der Waals surface area contributed by atoms with E-state index in [1.165, 1.54) is 0 Å². The van der Waals surface area contributed by atoms with Gasteiger partial charge >= 0.3 is 0 Å². The molecule has 2 atom stereocenters. The van der Waals surface area contributed by atoms with Crippen molar-refractivity contribution in [1.82, 2.24) is 25.4 Å². The van der Waals surface area contributed by atoms with Gasteiger partial charge in [-0.3, -0.25) is 24.1 Å². The zero-order chi connectivity index (χ0) is 32.4. The summed E-state index contributed by atoms with van der Waals surface area (Å²) in [6, 6.07) is 2.76. The van der Waals surface area contributed by atoms with Crippen molar-refractivity contribution in [3.05, 3.63) is 24.0 Å². The van der Waals surface area contributed by atoms with Crippen molar-refractivity contribution in [3.63, 3.8) is 0 Å². The highest BCUT2D eigenvalue weighted by molar-refractivity contribution is 5.96. The van der Waals surface area contributed by atoms with Gasteiger partial charge in [-0.15, -0.1) is 0 Å². The molecular weight excluding hydrogens is 564 g/mol. The number of hydrogen-bond acceptors (Lipinski definition) is 8. The fraction of sp³-hybridized carbons (Fsp3) is 0.719. The first-order chi connectivity index (χ1) is 20.5. The molecule has 3 heterocycles. The highest BCUT2D eigenvalue weighted by Gasteiger charge is 2.53. The molecule has 44 heavy (non-hydrogen) atoms. The minimum absolute atomic E-state index is 0.0392. The topological polar surface area (TPSA) is 144 Å². The second kappa shape index (κ2) is 13.1. The molecule has 1 aromatic rings. The van der Waals surface area contributed by atoms with E-state index in [2.05, 4.69) is 43.3 Å². The molecule has 0 radical (unpaired) electrons. The third-order valence-corrected chi connectivity index (χ3v) is 9.02. The number of nitrogens with one attached hydrogen (secondary N) is 2. The van der Waals surface area contributed by atoms with E-state index in [1.54, 1.807) is 28.1 Å². The highest BCUT2D eigenvalue weighted by atomic mass is 16.5. The Kier molecular flexibility index (Phi) is 10.1. The number of likely N-dealkylation sites (tertiary alicyclic amines) is 1. The molecule has 4 rings (SSSR count). The summed E-state index contributed by atoms with van der Waals surface area (Å²) < 4.78 is 5.59. The number of carbonyl (C=O) groups excluding carboxylic acids is 4. The Bertz CT molecular complexity index is 1210. The number of amides is 4. The van der Waals surface area contributed by atoms with Crippen LogP contribution in [-0.2, 0) is 19.1 Å². The van der Waals surface area contributed by atoms with Crippen LogP contribution in [-0.4, -0.2) is 114 Å². The van der Waals surface area contributed by atoms with Gasteiger partial charge in [0, 0.05) is 38.8 Å². The van der Waals surface area contributed by atoms with E-state index in [1.807, 2.05) is 25.7 Å². The Morgan fingerprint density at radius 3 is 2.36 bits per heavy atom. The number of nitrogens with zero attached hydrogens (tertiary/aromatic N) is 4. The number of ether oxygens (including phenoxy) is 1.